The van der Waals surface area contributed by atoms with Crippen molar-refractivity contribution in [1.82, 2.24) is 14.3 Å². The number of piperidine rings is 1. The van der Waals surface area contributed by atoms with Crippen LogP contribution >= 0.6 is 0 Å². The van der Waals surface area contributed by atoms with E-state index in [4.69, 9.17) is 4.98 Å². The Morgan fingerprint density at radius 3 is 2.43 bits per heavy atom. The molecule has 1 saturated carbocycles. The fourth-order valence-electron chi connectivity index (χ4n) is 3.10. The van der Waals surface area contributed by atoms with Gasteiger partial charge in [0.2, 0.25) is 10.0 Å². The molecule has 0 atom stereocenters. The van der Waals surface area contributed by atoms with Crippen molar-refractivity contribution < 1.29 is 8.42 Å². The van der Waals surface area contributed by atoms with Crippen LogP contribution in [0.1, 0.15) is 43.1 Å². The van der Waals surface area contributed by atoms with E-state index in [1.807, 2.05) is 6.92 Å². The molecule has 6 nitrogen and oxygen atoms in total. The Morgan fingerprint density at radius 1 is 1.22 bits per heavy atom. The molecule has 1 aromatic heterocycles. The molecule has 0 N–H and O–H groups in total. The van der Waals surface area contributed by atoms with Gasteiger partial charge in [0.15, 0.2) is 0 Å². The zero-order valence-electron chi connectivity index (χ0n) is 14.2. The highest BCUT2D eigenvalue weighted by atomic mass is 32.2. The molecule has 2 heterocycles. The van der Waals surface area contributed by atoms with E-state index < -0.39 is 10.0 Å². The summed E-state index contributed by atoms with van der Waals surface area (Å²) in [7, 11) is -1.42. The molecule has 0 spiro atoms. The summed E-state index contributed by atoms with van der Waals surface area (Å²) in [5.74, 6) is 3.03. The minimum absolute atomic E-state index is 0.428. The maximum Gasteiger partial charge on any atom is 0.210 e. The van der Waals surface area contributed by atoms with E-state index in [9.17, 15) is 8.42 Å². The highest BCUT2D eigenvalue weighted by Gasteiger charge is 2.29. The summed E-state index contributed by atoms with van der Waals surface area (Å²) in [6.07, 6.45) is 5.69. The van der Waals surface area contributed by atoms with Crippen molar-refractivity contribution in [3.05, 3.63) is 17.6 Å². The average molecular weight is 338 g/mol. The van der Waals surface area contributed by atoms with Crippen LogP contribution in [0.5, 0.6) is 0 Å². The quantitative estimate of drug-likeness (QED) is 0.818. The maximum atomic E-state index is 11.5. The normalized spacial score (nSPS) is 20.3. The zero-order chi connectivity index (χ0) is 16.6. The fourth-order valence-corrected chi connectivity index (χ4v) is 3.59. The number of aryl methyl sites for hydroxylation is 1. The second-order valence-electron chi connectivity index (χ2n) is 6.97. The highest BCUT2D eigenvalue weighted by molar-refractivity contribution is 7.88. The van der Waals surface area contributed by atoms with Gasteiger partial charge in [-0.15, -0.1) is 0 Å². The maximum absolute atomic E-state index is 11.5. The van der Waals surface area contributed by atoms with Gasteiger partial charge >= 0.3 is 0 Å². The van der Waals surface area contributed by atoms with Crippen molar-refractivity contribution in [1.29, 1.82) is 0 Å². The second-order valence-corrected chi connectivity index (χ2v) is 9.06. The third-order valence-corrected chi connectivity index (χ3v) is 6.10. The number of rotatable bonds is 5. The highest BCUT2D eigenvalue weighted by Crippen LogP contribution is 2.38. The van der Waals surface area contributed by atoms with Gasteiger partial charge in [0.1, 0.15) is 11.6 Å². The monoisotopic (exact) mass is 338 g/mol. The van der Waals surface area contributed by atoms with E-state index in [1.54, 1.807) is 7.05 Å². The molecule has 128 valence electrons. The molecular weight excluding hydrogens is 312 g/mol. The first-order valence-corrected chi connectivity index (χ1v) is 10.2. The molecule has 1 aliphatic heterocycles. The molecule has 0 amide bonds. The molecule has 1 aliphatic carbocycles. The van der Waals surface area contributed by atoms with Crippen molar-refractivity contribution in [2.75, 3.05) is 37.8 Å². The SMILES string of the molecule is Cc1cc(N2CCC(CN(C)S(C)(=O)=O)CC2)nc(C2CC2)n1. The third-order valence-electron chi connectivity index (χ3n) is 4.82. The number of anilines is 1. The van der Waals surface area contributed by atoms with Crippen LogP contribution in [0.3, 0.4) is 0 Å². The fraction of sp³-hybridized carbons (Fsp3) is 0.750. The van der Waals surface area contributed by atoms with Crippen LogP contribution in [0.4, 0.5) is 5.82 Å². The molecule has 23 heavy (non-hydrogen) atoms. The molecular formula is C16H26N4O2S. The number of aromatic nitrogens is 2. The van der Waals surface area contributed by atoms with Crippen molar-refractivity contribution in [2.24, 2.45) is 5.92 Å². The van der Waals surface area contributed by atoms with Gasteiger partial charge in [-0.05, 0) is 38.5 Å². The smallest absolute Gasteiger partial charge is 0.210 e. The number of nitrogens with zero attached hydrogens (tertiary/aromatic N) is 4. The average Bonchev–Trinajstić information content (AvgIpc) is 3.31. The van der Waals surface area contributed by atoms with E-state index in [1.165, 1.54) is 23.4 Å². The van der Waals surface area contributed by atoms with Crippen LogP contribution in [-0.2, 0) is 10.0 Å². The number of sulfonamides is 1. The van der Waals surface area contributed by atoms with Crippen LogP contribution in [-0.4, -0.2) is 55.6 Å². The molecule has 1 aromatic rings. The Morgan fingerprint density at radius 2 is 1.87 bits per heavy atom. The standard InChI is InChI=1S/C16H26N4O2S/c1-12-10-15(18-16(17-12)14-4-5-14)20-8-6-13(7-9-20)11-19(2)23(3,21)22/h10,13-14H,4-9,11H2,1-3H3. The van der Waals surface area contributed by atoms with Gasteiger partial charge in [0, 0.05) is 44.4 Å². The lowest BCUT2D eigenvalue weighted by molar-refractivity contribution is 0.328. The van der Waals surface area contributed by atoms with E-state index in [-0.39, 0.29) is 0 Å². The molecule has 1 saturated heterocycles. The first kappa shape index (κ1) is 16.6. The van der Waals surface area contributed by atoms with Gasteiger partial charge in [-0.2, -0.15) is 0 Å². The van der Waals surface area contributed by atoms with Crippen LogP contribution in [0, 0.1) is 12.8 Å². The van der Waals surface area contributed by atoms with E-state index >= 15 is 0 Å². The Kier molecular flexibility index (Phi) is 4.60. The lowest BCUT2D eigenvalue weighted by Crippen LogP contribution is -2.39. The molecule has 7 heteroatoms. The van der Waals surface area contributed by atoms with Gasteiger partial charge in [-0.3, -0.25) is 0 Å². The molecule has 0 bridgehead atoms. The predicted octanol–water partition coefficient (Wildman–Crippen LogP) is 1.77. The van der Waals surface area contributed by atoms with Crippen LogP contribution in [0.2, 0.25) is 0 Å². The molecule has 2 fully saturated rings. The first-order valence-electron chi connectivity index (χ1n) is 8.35. The predicted molar refractivity (Wildman–Crippen MR) is 91.2 cm³/mol. The Labute approximate surface area is 139 Å². The van der Waals surface area contributed by atoms with Gasteiger partial charge in [-0.25, -0.2) is 22.7 Å². The number of hydrogen-bond donors (Lipinski definition) is 0. The summed E-state index contributed by atoms with van der Waals surface area (Å²) in [5, 5.41) is 0. The van der Waals surface area contributed by atoms with Crippen molar-refractivity contribution in [2.45, 2.75) is 38.5 Å². The summed E-state index contributed by atoms with van der Waals surface area (Å²) >= 11 is 0. The van der Waals surface area contributed by atoms with Crippen molar-refractivity contribution in [3.8, 4) is 0 Å². The summed E-state index contributed by atoms with van der Waals surface area (Å²) in [6.45, 7) is 4.51. The van der Waals surface area contributed by atoms with E-state index in [0.29, 0.717) is 18.4 Å². The van der Waals surface area contributed by atoms with Gasteiger partial charge in [0.05, 0.1) is 6.26 Å². The van der Waals surface area contributed by atoms with Crippen LogP contribution < -0.4 is 4.90 Å². The van der Waals surface area contributed by atoms with Crippen molar-refractivity contribution in [3.63, 3.8) is 0 Å². The second kappa shape index (κ2) is 6.36. The largest absolute Gasteiger partial charge is 0.356 e. The lowest BCUT2D eigenvalue weighted by Gasteiger charge is -2.34. The minimum Gasteiger partial charge on any atom is -0.356 e. The summed E-state index contributed by atoms with van der Waals surface area (Å²) in [4.78, 5) is 11.6. The summed E-state index contributed by atoms with van der Waals surface area (Å²) in [5.41, 5.74) is 1.04. The molecule has 2 aliphatic rings. The van der Waals surface area contributed by atoms with E-state index in [2.05, 4.69) is 16.0 Å². The Balaban J connectivity index is 1.61. The molecule has 0 radical (unpaired) electrons. The summed E-state index contributed by atoms with van der Waals surface area (Å²) in [6, 6.07) is 2.06. The first-order chi connectivity index (χ1) is 10.8. The minimum atomic E-state index is -3.08. The topological polar surface area (TPSA) is 66.4 Å². The van der Waals surface area contributed by atoms with Gasteiger partial charge in [0.25, 0.3) is 0 Å². The molecule has 0 aromatic carbocycles. The van der Waals surface area contributed by atoms with Gasteiger partial charge in [-0.1, -0.05) is 0 Å². The van der Waals surface area contributed by atoms with Gasteiger partial charge < -0.3 is 4.90 Å². The Bertz CT molecular complexity index is 665. The van der Waals surface area contributed by atoms with Crippen LogP contribution in [0.15, 0.2) is 6.07 Å². The Hall–Kier alpha value is -1.21. The zero-order valence-corrected chi connectivity index (χ0v) is 15.0. The van der Waals surface area contributed by atoms with Crippen molar-refractivity contribution >= 4 is 15.8 Å². The molecule has 3 rings (SSSR count). The van der Waals surface area contributed by atoms with E-state index in [0.717, 1.165) is 43.3 Å². The number of hydrogen-bond acceptors (Lipinski definition) is 5. The molecule has 0 unspecified atom stereocenters. The summed E-state index contributed by atoms with van der Waals surface area (Å²) < 4.78 is 24.5. The lowest BCUT2D eigenvalue weighted by atomic mass is 9.97. The van der Waals surface area contributed by atoms with Crippen LogP contribution in [0.25, 0.3) is 0 Å². The third kappa shape index (κ3) is 4.20.